The standard InChI is InChI=1S/C16H27N3/c1-3-19(4-2)13-15-7-5-14(6-8-15)11-18-16-9-10-17-12-16/h5-8,16-18H,3-4,9-13H2,1-2H3. The van der Waals surface area contributed by atoms with Crippen LogP contribution in [0.15, 0.2) is 24.3 Å². The maximum atomic E-state index is 3.61. The summed E-state index contributed by atoms with van der Waals surface area (Å²) in [6.45, 7) is 11.0. The van der Waals surface area contributed by atoms with Crippen molar-refractivity contribution in [3.05, 3.63) is 35.4 Å². The lowest BCUT2D eigenvalue weighted by Crippen LogP contribution is -2.30. The molecule has 1 unspecified atom stereocenters. The van der Waals surface area contributed by atoms with E-state index < -0.39 is 0 Å². The summed E-state index contributed by atoms with van der Waals surface area (Å²) >= 11 is 0. The molecular weight excluding hydrogens is 234 g/mol. The zero-order valence-corrected chi connectivity index (χ0v) is 12.3. The van der Waals surface area contributed by atoms with Crippen LogP contribution in [-0.2, 0) is 13.1 Å². The molecule has 3 nitrogen and oxygen atoms in total. The molecule has 0 aliphatic carbocycles. The van der Waals surface area contributed by atoms with Crippen LogP contribution in [0.1, 0.15) is 31.4 Å². The lowest BCUT2D eigenvalue weighted by atomic mass is 10.1. The molecule has 2 rings (SSSR count). The molecule has 1 atom stereocenters. The molecule has 106 valence electrons. The molecule has 1 aromatic carbocycles. The minimum absolute atomic E-state index is 0.648. The number of hydrogen-bond acceptors (Lipinski definition) is 3. The normalized spacial score (nSPS) is 19.2. The van der Waals surface area contributed by atoms with Crippen molar-refractivity contribution in [1.29, 1.82) is 0 Å². The quantitative estimate of drug-likeness (QED) is 0.786. The molecule has 1 fully saturated rings. The van der Waals surface area contributed by atoms with Gasteiger partial charge in [-0.1, -0.05) is 38.1 Å². The zero-order valence-electron chi connectivity index (χ0n) is 12.3. The molecule has 2 N–H and O–H groups in total. The summed E-state index contributed by atoms with van der Waals surface area (Å²) in [4.78, 5) is 2.44. The molecule has 1 aliphatic heterocycles. The Morgan fingerprint density at radius 3 is 2.42 bits per heavy atom. The van der Waals surface area contributed by atoms with E-state index in [1.807, 2.05) is 0 Å². The molecule has 0 spiro atoms. The fourth-order valence-corrected chi connectivity index (χ4v) is 2.56. The summed E-state index contributed by atoms with van der Waals surface area (Å²) < 4.78 is 0. The minimum atomic E-state index is 0.648. The zero-order chi connectivity index (χ0) is 13.5. The van der Waals surface area contributed by atoms with E-state index in [-0.39, 0.29) is 0 Å². The fourth-order valence-electron chi connectivity index (χ4n) is 2.56. The highest BCUT2D eigenvalue weighted by atomic mass is 15.1. The largest absolute Gasteiger partial charge is 0.315 e. The second kappa shape index (κ2) is 7.63. The third kappa shape index (κ3) is 4.60. The maximum absolute atomic E-state index is 3.61. The van der Waals surface area contributed by atoms with Crippen molar-refractivity contribution in [1.82, 2.24) is 15.5 Å². The van der Waals surface area contributed by atoms with E-state index in [0.717, 1.165) is 39.3 Å². The predicted octanol–water partition coefficient (Wildman–Crippen LogP) is 1.98. The van der Waals surface area contributed by atoms with E-state index in [2.05, 4.69) is 53.6 Å². The Kier molecular flexibility index (Phi) is 5.83. The van der Waals surface area contributed by atoms with E-state index >= 15 is 0 Å². The van der Waals surface area contributed by atoms with Gasteiger partial charge < -0.3 is 10.6 Å². The van der Waals surface area contributed by atoms with Crippen molar-refractivity contribution in [3.63, 3.8) is 0 Å². The maximum Gasteiger partial charge on any atom is 0.0233 e. The average Bonchev–Trinajstić information content (AvgIpc) is 2.97. The Hall–Kier alpha value is -0.900. The molecule has 0 amide bonds. The molecule has 0 bridgehead atoms. The van der Waals surface area contributed by atoms with Gasteiger partial charge >= 0.3 is 0 Å². The molecule has 19 heavy (non-hydrogen) atoms. The van der Waals surface area contributed by atoms with Gasteiger partial charge in [-0.25, -0.2) is 0 Å². The highest BCUT2D eigenvalue weighted by Crippen LogP contribution is 2.08. The van der Waals surface area contributed by atoms with Gasteiger partial charge in [0.1, 0.15) is 0 Å². The first-order valence-electron chi connectivity index (χ1n) is 7.56. The van der Waals surface area contributed by atoms with E-state index in [1.165, 1.54) is 17.5 Å². The Bertz CT molecular complexity index is 351. The molecule has 3 heteroatoms. The first-order chi connectivity index (χ1) is 9.31. The highest BCUT2D eigenvalue weighted by Gasteiger charge is 2.12. The predicted molar refractivity (Wildman–Crippen MR) is 81.2 cm³/mol. The molecular formula is C16H27N3. The van der Waals surface area contributed by atoms with Crippen LogP contribution < -0.4 is 10.6 Å². The van der Waals surface area contributed by atoms with Crippen LogP contribution in [0, 0.1) is 0 Å². The Balaban J connectivity index is 1.80. The van der Waals surface area contributed by atoms with Crippen molar-refractivity contribution < 1.29 is 0 Å². The summed E-state index contributed by atoms with van der Waals surface area (Å²) in [5.74, 6) is 0. The Morgan fingerprint density at radius 2 is 1.84 bits per heavy atom. The average molecular weight is 261 g/mol. The first-order valence-corrected chi connectivity index (χ1v) is 7.56. The Morgan fingerprint density at radius 1 is 1.16 bits per heavy atom. The lowest BCUT2D eigenvalue weighted by molar-refractivity contribution is 0.296. The molecule has 1 aliphatic rings. The van der Waals surface area contributed by atoms with Gasteiger partial charge in [0.15, 0.2) is 0 Å². The number of nitrogens with zero attached hydrogens (tertiary/aromatic N) is 1. The third-order valence-electron chi connectivity index (χ3n) is 3.98. The second-order valence-corrected chi connectivity index (χ2v) is 5.35. The van der Waals surface area contributed by atoms with Gasteiger partial charge in [-0.2, -0.15) is 0 Å². The number of nitrogens with one attached hydrogen (secondary N) is 2. The number of benzene rings is 1. The number of rotatable bonds is 7. The monoisotopic (exact) mass is 261 g/mol. The first kappa shape index (κ1) is 14.5. The topological polar surface area (TPSA) is 27.3 Å². The highest BCUT2D eigenvalue weighted by molar-refractivity contribution is 5.22. The van der Waals surface area contributed by atoms with Crippen LogP contribution in [0.25, 0.3) is 0 Å². The van der Waals surface area contributed by atoms with Crippen LogP contribution in [0.3, 0.4) is 0 Å². The van der Waals surface area contributed by atoms with Gasteiger partial charge in [0.25, 0.3) is 0 Å². The van der Waals surface area contributed by atoms with Crippen LogP contribution in [-0.4, -0.2) is 37.1 Å². The van der Waals surface area contributed by atoms with E-state index in [9.17, 15) is 0 Å². The van der Waals surface area contributed by atoms with E-state index in [1.54, 1.807) is 0 Å². The van der Waals surface area contributed by atoms with Gasteiger partial charge in [0.05, 0.1) is 0 Å². The van der Waals surface area contributed by atoms with E-state index in [0.29, 0.717) is 6.04 Å². The summed E-state index contributed by atoms with van der Waals surface area (Å²) in [6, 6.07) is 9.70. The molecule has 1 saturated heterocycles. The Labute approximate surface area is 117 Å². The molecule has 1 heterocycles. The molecule has 0 aromatic heterocycles. The smallest absolute Gasteiger partial charge is 0.0233 e. The van der Waals surface area contributed by atoms with Crippen molar-refractivity contribution >= 4 is 0 Å². The van der Waals surface area contributed by atoms with Crippen molar-refractivity contribution in [2.75, 3.05) is 26.2 Å². The van der Waals surface area contributed by atoms with Crippen LogP contribution in [0.2, 0.25) is 0 Å². The summed E-state index contributed by atoms with van der Waals surface area (Å²) in [5, 5.41) is 6.99. The molecule has 0 saturated carbocycles. The van der Waals surface area contributed by atoms with Crippen LogP contribution >= 0.6 is 0 Å². The minimum Gasteiger partial charge on any atom is -0.315 e. The molecule has 0 radical (unpaired) electrons. The number of hydrogen-bond donors (Lipinski definition) is 2. The SMILES string of the molecule is CCN(CC)Cc1ccc(CNC2CCNC2)cc1. The lowest BCUT2D eigenvalue weighted by Gasteiger charge is -2.18. The van der Waals surface area contributed by atoms with Crippen LogP contribution in [0.5, 0.6) is 0 Å². The van der Waals surface area contributed by atoms with Crippen molar-refractivity contribution in [2.24, 2.45) is 0 Å². The van der Waals surface area contributed by atoms with Gasteiger partial charge in [-0.15, -0.1) is 0 Å². The molecule has 1 aromatic rings. The summed E-state index contributed by atoms with van der Waals surface area (Å²) in [6.07, 6.45) is 1.25. The summed E-state index contributed by atoms with van der Waals surface area (Å²) in [5.41, 5.74) is 2.80. The third-order valence-corrected chi connectivity index (χ3v) is 3.98. The summed E-state index contributed by atoms with van der Waals surface area (Å²) in [7, 11) is 0. The van der Waals surface area contributed by atoms with Gasteiger partial charge in [-0.05, 0) is 37.2 Å². The van der Waals surface area contributed by atoms with Crippen molar-refractivity contribution in [3.8, 4) is 0 Å². The van der Waals surface area contributed by atoms with Gasteiger partial charge in [-0.3, -0.25) is 4.90 Å². The van der Waals surface area contributed by atoms with E-state index in [4.69, 9.17) is 0 Å². The second-order valence-electron chi connectivity index (χ2n) is 5.35. The van der Waals surface area contributed by atoms with Crippen molar-refractivity contribution in [2.45, 2.75) is 39.4 Å². The van der Waals surface area contributed by atoms with Crippen LogP contribution in [0.4, 0.5) is 0 Å². The van der Waals surface area contributed by atoms with Gasteiger partial charge in [0, 0.05) is 25.7 Å². The van der Waals surface area contributed by atoms with Gasteiger partial charge in [0.2, 0.25) is 0 Å². The fraction of sp³-hybridized carbons (Fsp3) is 0.625.